The molecule has 0 unspecified atom stereocenters. The molecule has 5 aliphatic heterocycles. The van der Waals surface area contributed by atoms with Crippen LogP contribution in [0.15, 0.2) is 102 Å². The van der Waals surface area contributed by atoms with Crippen LogP contribution in [0.3, 0.4) is 0 Å². The molecule has 0 radical (unpaired) electrons. The van der Waals surface area contributed by atoms with Crippen LogP contribution in [0.1, 0.15) is 108 Å². The van der Waals surface area contributed by atoms with Gasteiger partial charge in [0.25, 0.3) is 0 Å². The van der Waals surface area contributed by atoms with E-state index in [9.17, 15) is 28.8 Å². The summed E-state index contributed by atoms with van der Waals surface area (Å²) in [4.78, 5) is 106. The van der Waals surface area contributed by atoms with Gasteiger partial charge >= 0.3 is 0 Å². The number of aromatic nitrogens is 2. The van der Waals surface area contributed by atoms with Crippen LogP contribution in [0.2, 0.25) is 0 Å². The van der Waals surface area contributed by atoms with Crippen molar-refractivity contribution in [1.82, 2.24) is 50.8 Å². The highest BCUT2D eigenvalue weighted by molar-refractivity contribution is 6.03. The van der Waals surface area contributed by atoms with Crippen molar-refractivity contribution < 1.29 is 28.8 Å². The van der Waals surface area contributed by atoms with E-state index in [1.807, 2.05) is 70.5 Å². The fourth-order valence-corrected chi connectivity index (χ4v) is 12.5. The normalized spacial score (nSPS) is 23.1. The van der Waals surface area contributed by atoms with E-state index >= 15 is 0 Å². The molecule has 17 nitrogen and oxygen atoms in total. The molecule has 5 aromatic rings. The van der Waals surface area contributed by atoms with Gasteiger partial charge in [0.1, 0.15) is 17.9 Å². The second-order valence-corrected chi connectivity index (χ2v) is 21.9. The van der Waals surface area contributed by atoms with E-state index in [0.29, 0.717) is 57.4 Å². The van der Waals surface area contributed by atoms with Crippen molar-refractivity contribution >= 4 is 57.9 Å². The van der Waals surface area contributed by atoms with Crippen molar-refractivity contribution in [3.8, 4) is 22.3 Å². The third-order valence-electron chi connectivity index (χ3n) is 17.1. The Morgan fingerprint density at radius 1 is 0.603 bits per heavy atom. The minimum atomic E-state index is -0.944. The second kappa shape index (κ2) is 24.2. The summed E-state index contributed by atoms with van der Waals surface area (Å²) in [7, 11) is 3.40. The maximum atomic E-state index is 14.8. The molecule has 5 aliphatic rings. The Balaban J connectivity index is 0.743. The summed E-state index contributed by atoms with van der Waals surface area (Å²) in [6.07, 6.45) is 8.12. The number of unbranched alkanes of at least 4 members (excludes halogenated alkanes) is 3. The molecular weight excluding hydrogens is 983 g/mol. The van der Waals surface area contributed by atoms with E-state index in [0.717, 1.165) is 82.4 Å². The van der Waals surface area contributed by atoms with Gasteiger partial charge in [-0.05, 0) is 114 Å². The van der Waals surface area contributed by atoms with Crippen LogP contribution >= 0.6 is 0 Å². The largest absolute Gasteiger partial charge is 0.341 e. The predicted molar refractivity (Wildman–Crippen MR) is 301 cm³/mol. The number of amides is 6. The van der Waals surface area contributed by atoms with Gasteiger partial charge in [-0.15, -0.1) is 0 Å². The lowest BCUT2D eigenvalue weighted by atomic mass is 9.94. The third kappa shape index (κ3) is 11.5. The average molecular weight is 1060 g/mol. The first kappa shape index (κ1) is 54.1. The van der Waals surface area contributed by atoms with Gasteiger partial charge in [0.05, 0.1) is 40.9 Å². The predicted octanol–water partition coefficient (Wildman–Crippen LogP) is 6.61. The molecule has 10 rings (SSSR count). The van der Waals surface area contributed by atoms with Gasteiger partial charge < -0.3 is 45.9 Å². The summed E-state index contributed by atoms with van der Waals surface area (Å²) < 4.78 is 0. The van der Waals surface area contributed by atoms with Crippen LogP contribution in [0, 0.1) is 0 Å². The smallest absolute Gasteiger partial charge is 0.247 e. The topological polar surface area (TPSA) is 205 Å². The van der Waals surface area contributed by atoms with Gasteiger partial charge in [0.2, 0.25) is 35.4 Å². The molecule has 0 spiro atoms. The number of hydrogen-bond donors (Lipinski definition) is 5. The molecule has 0 bridgehead atoms. The molecule has 0 aliphatic carbocycles. The molecular formula is C61H75N11O6. The van der Waals surface area contributed by atoms with Gasteiger partial charge in [0, 0.05) is 68.8 Å². The molecule has 0 saturated carbocycles. The average Bonchev–Trinajstić information content (AvgIpc) is 4.31. The number of carbonyl (C=O) groups is 6. The number of imidazole rings is 1. The molecule has 17 heteroatoms. The Hall–Kier alpha value is -7.24. The number of likely N-dealkylation sites (N-methyl/N-ethyl adjacent to an activating group) is 2. The summed E-state index contributed by atoms with van der Waals surface area (Å²) >= 11 is 0. The molecule has 410 valence electrons. The van der Waals surface area contributed by atoms with Gasteiger partial charge in [-0.25, -0.2) is 4.98 Å². The highest BCUT2D eigenvalue weighted by Gasteiger charge is 2.47. The number of H-pyrrole nitrogens is 1. The Bertz CT molecular complexity index is 3040. The second-order valence-electron chi connectivity index (χ2n) is 21.9. The first-order chi connectivity index (χ1) is 37.9. The van der Waals surface area contributed by atoms with E-state index in [2.05, 4.69) is 62.6 Å². The van der Waals surface area contributed by atoms with Gasteiger partial charge in [0.15, 0.2) is 0 Å². The fraction of sp³-hybridized carbons (Fsp3) is 0.475. The zero-order chi connectivity index (χ0) is 54.5. The quantitative estimate of drug-likeness (QED) is 0.0636. The molecule has 6 heterocycles. The first-order valence-electron chi connectivity index (χ1n) is 28.3. The van der Waals surface area contributed by atoms with Crippen LogP contribution in [-0.2, 0) is 35.2 Å². The fourth-order valence-electron chi connectivity index (χ4n) is 12.5. The third-order valence-corrected chi connectivity index (χ3v) is 17.1. The number of nitrogens with zero attached hydrogens (tertiary/aromatic N) is 6. The molecule has 6 amide bonds. The minimum Gasteiger partial charge on any atom is -0.341 e. The summed E-state index contributed by atoms with van der Waals surface area (Å²) in [6, 6.07) is 29.0. The van der Waals surface area contributed by atoms with Crippen molar-refractivity contribution in [2.24, 2.45) is 4.99 Å². The monoisotopic (exact) mass is 1060 g/mol. The lowest BCUT2D eigenvalue weighted by molar-refractivity contribution is -0.144. The summed E-state index contributed by atoms with van der Waals surface area (Å²) in [5, 5.41) is 12.0. The zero-order valence-electron chi connectivity index (χ0n) is 45.5. The SMILES string of the molecule is CN[C@@H](C)C(=O)N[C@H]1CN(C(=O)CCCCCCC(=O)N2CC[C@H]3CC[C@@H](c4nc5c(-c6ccccc6)cccc5[nH]4)N3C(=O)[C@@H](NC(=O)[C@H](C)NC)C2)CC[C@H]2CC[C@@H](C3=Nc4cccc(-c5ccccc5)c4C3)N2C1=O. The van der Waals surface area contributed by atoms with Crippen molar-refractivity contribution in [3.05, 3.63) is 108 Å². The van der Waals surface area contributed by atoms with Crippen LogP contribution < -0.4 is 21.3 Å². The molecule has 8 atom stereocenters. The van der Waals surface area contributed by atoms with E-state index in [1.54, 1.807) is 37.7 Å². The van der Waals surface area contributed by atoms with Gasteiger partial charge in [-0.1, -0.05) is 97.8 Å². The molecule has 5 N–H and O–H groups in total. The number of aromatic amines is 1. The number of nitrogens with one attached hydrogen (secondary N) is 5. The standard InChI is InChI=1S/C61H75N11O6/c1-38(62-3)58(75)66-50-36-69(33-31-42-27-29-52(71(42)60(50)77)49-35-46-44(21-15-23-47(46)64-49)40-17-9-7-10-18-40)54(73)25-13-5-6-14-26-55(74)70-34-32-43-28-30-53(72(43)61(78)51(37-70)67-59(76)39(2)63-4)57-65-48-24-16-22-45(56(48)68-57)41-19-11-8-12-20-41/h7-12,15-24,38-39,42-43,50-53,62-63H,5-6,13-14,25-37H2,1-4H3,(H,65,68)(H,66,75)(H,67,76)/t38-,39-,42+,43+,50-,51-,52-,53-/m0/s1. The zero-order valence-corrected chi connectivity index (χ0v) is 45.5. The van der Waals surface area contributed by atoms with Crippen LogP contribution in [0.5, 0.6) is 0 Å². The van der Waals surface area contributed by atoms with Crippen LogP contribution in [0.4, 0.5) is 5.69 Å². The summed E-state index contributed by atoms with van der Waals surface area (Å²) in [6.45, 7) is 4.55. The van der Waals surface area contributed by atoms with Crippen molar-refractivity contribution in [2.75, 3.05) is 40.3 Å². The number of rotatable bonds is 17. The van der Waals surface area contributed by atoms with E-state index < -0.39 is 24.2 Å². The lowest BCUT2D eigenvalue weighted by Gasteiger charge is -2.39. The number of carbonyl (C=O) groups excluding carboxylic acids is 6. The maximum absolute atomic E-state index is 14.8. The molecule has 1 aromatic heterocycles. The maximum Gasteiger partial charge on any atom is 0.247 e. The number of benzene rings is 4. The van der Waals surface area contributed by atoms with E-state index in [1.165, 1.54) is 0 Å². The van der Waals surface area contributed by atoms with Crippen molar-refractivity contribution in [1.29, 1.82) is 0 Å². The Labute approximate surface area is 457 Å². The van der Waals surface area contributed by atoms with E-state index in [-0.39, 0.29) is 85.5 Å². The summed E-state index contributed by atoms with van der Waals surface area (Å²) in [5.41, 5.74) is 9.12. The Kier molecular flexibility index (Phi) is 16.8. The van der Waals surface area contributed by atoms with Crippen LogP contribution in [-0.4, -0.2) is 153 Å². The van der Waals surface area contributed by atoms with Crippen LogP contribution in [0.25, 0.3) is 33.3 Å². The van der Waals surface area contributed by atoms with Crippen molar-refractivity contribution in [3.63, 3.8) is 0 Å². The highest BCUT2D eigenvalue weighted by atomic mass is 16.2. The number of aliphatic imine (C=N–C) groups is 1. The van der Waals surface area contributed by atoms with E-state index in [4.69, 9.17) is 9.98 Å². The molecule has 4 aromatic carbocycles. The highest BCUT2D eigenvalue weighted by Crippen LogP contribution is 2.41. The first-order valence-corrected chi connectivity index (χ1v) is 28.3. The summed E-state index contributed by atoms with van der Waals surface area (Å²) in [5.74, 6) is -0.431. The van der Waals surface area contributed by atoms with Crippen molar-refractivity contribution in [2.45, 2.75) is 146 Å². The number of hydrogen-bond acceptors (Lipinski definition) is 10. The number of para-hydroxylation sites is 1. The molecule has 78 heavy (non-hydrogen) atoms. The van der Waals surface area contributed by atoms with Gasteiger partial charge in [-0.3, -0.25) is 33.8 Å². The van der Waals surface area contributed by atoms with Gasteiger partial charge in [-0.2, -0.15) is 0 Å². The Morgan fingerprint density at radius 2 is 1.12 bits per heavy atom. The minimum absolute atomic E-state index is 0.0572. The lowest BCUT2D eigenvalue weighted by Crippen LogP contribution is -2.61. The number of fused-ring (bicyclic) bond motifs is 4. The Morgan fingerprint density at radius 3 is 1.68 bits per heavy atom. The molecule has 4 saturated heterocycles. The molecule has 4 fully saturated rings.